The summed E-state index contributed by atoms with van der Waals surface area (Å²) in [7, 11) is -3.54. The molecule has 5 nitrogen and oxygen atoms in total. The van der Waals surface area contributed by atoms with E-state index >= 15 is 0 Å². The van der Waals surface area contributed by atoms with E-state index in [0.29, 0.717) is 12.1 Å². The maximum Gasteiger partial charge on any atom is 0.241 e. The number of sulfonamides is 1. The van der Waals surface area contributed by atoms with Gasteiger partial charge in [-0.05, 0) is 51.5 Å². The molecule has 1 aromatic carbocycles. The van der Waals surface area contributed by atoms with Crippen LogP contribution in [0.4, 0.5) is 5.69 Å². The van der Waals surface area contributed by atoms with Crippen molar-refractivity contribution in [1.82, 2.24) is 4.72 Å². The van der Waals surface area contributed by atoms with Crippen LogP contribution in [0.3, 0.4) is 0 Å². The number of rotatable bonds is 5. The van der Waals surface area contributed by atoms with Crippen molar-refractivity contribution in [2.75, 3.05) is 5.32 Å². The largest absolute Gasteiger partial charge is 0.326 e. The lowest BCUT2D eigenvalue weighted by Gasteiger charge is -2.20. The average molecular weight is 298 g/mol. The fourth-order valence-electron chi connectivity index (χ4n) is 1.63. The Morgan fingerprint density at radius 1 is 1.15 bits per heavy atom. The molecule has 0 aliphatic rings. The van der Waals surface area contributed by atoms with Crippen LogP contribution in [0.15, 0.2) is 29.2 Å². The zero-order valence-electron chi connectivity index (χ0n) is 12.4. The first-order valence-electron chi connectivity index (χ1n) is 6.58. The minimum absolute atomic E-state index is 0.0732. The van der Waals surface area contributed by atoms with Gasteiger partial charge in [0.2, 0.25) is 15.9 Å². The molecule has 0 unspecified atom stereocenters. The predicted octanol–water partition coefficient (Wildman–Crippen LogP) is 2.50. The number of nitrogens with one attached hydrogen (secondary N) is 2. The highest BCUT2D eigenvalue weighted by molar-refractivity contribution is 7.89. The molecule has 0 bridgehead atoms. The standard InChI is InChI=1S/C14H22N2O3S/c1-5-6-13(17)15-11-7-9-12(10-8-11)20(18,19)16-14(2,3)4/h7-10,16H,5-6H2,1-4H3,(H,15,17). The van der Waals surface area contributed by atoms with Gasteiger partial charge in [-0.15, -0.1) is 0 Å². The van der Waals surface area contributed by atoms with E-state index in [9.17, 15) is 13.2 Å². The molecule has 0 aliphatic heterocycles. The third-order valence-corrected chi connectivity index (χ3v) is 4.14. The van der Waals surface area contributed by atoms with Gasteiger partial charge in [0.25, 0.3) is 0 Å². The van der Waals surface area contributed by atoms with E-state index in [0.717, 1.165) is 6.42 Å². The van der Waals surface area contributed by atoms with Gasteiger partial charge in [0.15, 0.2) is 0 Å². The van der Waals surface area contributed by atoms with Gasteiger partial charge >= 0.3 is 0 Å². The third-order valence-electron chi connectivity index (χ3n) is 2.37. The summed E-state index contributed by atoms with van der Waals surface area (Å²) in [5.41, 5.74) is 0.0606. The highest BCUT2D eigenvalue weighted by atomic mass is 32.2. The van der Waals surface area contributed by atoms with Crippen molar-refractivity contribution in [3.05, 3.63) is 24.3 Å². The highest BCUT2D eigenvalue weighted by Gasteiger charge is 2.21. The second-order valence-corrected chi connectivity index (χ2v) is 7.36. The molecule has 2 N–H and O–H groups in total. The van der Waals surface area contributed by atoms with Gasteiger partial charge in [-0.1, -0.05) is 6.92 Å². The number of carbonyl (C=O) groups excluding carboxylic acids is 1. The first kappa shape index (κ1) is 16.7. The number of carbonyl (C=O) groups is 1. The maximum absolute atomic E-state index is 12.1. The van der Waals surface area contributed by atoms with Crippen molar-refractivity contribution in [3.8, 4) is 0 Å². The topological polar surface area (TPSA) is 75.3 Å². The normalized spacial score (nSPS) is 12.2. The summed E-state index contributed by atoms with van der Waals surface area (Å²) in [4.78, 5) is 11.6. The van der Waals surface area contributed by atoms with E-state index in [2.05, 4.69) is 10.0 Å². The molecule has 0 aliphatic carbocycles. The van der Waals surface area contributed by atoms with Crippen LogP contribution in [0.5, 0.6) is 0 Å². The molecule has 0 spiro atoms. The van der Waals surface area contributed by atoms with Crippen LogP contribution >= 0.6 is 0 Å². The number of amides is 1. The van der Waals surface area contributed by atoms with E-state index in [1.807, 2.05) is 6.92 Å². The zero-order chi connectivity index (χ0) is 15.4. The Balaban J connectivity index is 2.83. The van der Waals surface area contributed by atoms with Gasteiger partial charge in [-0.3, -0.25) is 4.79 Å². The fraction of sp³-hybridized carbons (Fsp3) is 0.500. The van der Waals surface area contributed by atoms with Gasteiger partial charge in [-0.2, -0.15) is 0 Å². The third kappa shape index (κ3) is 5.30. The molecule has 1 amide bonds. The number of hydrogen-bond donors (Lipinski definition) is 2. The Morgan fingerprint density at radius 3 is 2.15 bits per heavy atom. The van der Waals surface area contributed by atoms with Crippen molar-refractivity contribution in [2.45, 2.75) is 51.0 Å². The van der Waals surface area contributed by atoms with Crippen LogP contribution in [0.1, 0.15) is 40.5 Å². The van der Waals surface area contributed by atoms with E-state index in [4.69, 9.17) is 0 Å². The Labute approximate surface area is 120 Å². The summed E-state index contributed by atoms with van der Waals surface area (Å²) < 4.78 is 26.7. The average Bonchev–Trinajstić information content (AvgIpc) is 2.26. The summed E-state index contributed by atoms with van der Waals surface area (Å²) in [6, 6.07) is 6.14. The summed E-state index contributed by atoms with van der Waals surface area (Å²) in [5, 5.41) is 2.72. The Hall–Kier alpha value is -1.40. The lowest BCUT2D eigenvalue weighted by Crippen LogP contribution is -2.40. The monoisotopic (exact) mass is 298 g/mol. The van der Waals surface area contributed by atoms with Crippen molar-refractivity contribution in [3.63, 3.8) is 0 Å². The summed E-state index contributed by atoms with van der Waals surface area (Å²) >= 11 is 0. The number of benzene rings is 1. The fourth-order valence-corrected chi connectivity index (χ4v) is 3.05. The van der Waals surface area contributed by atoms with Crippen LogP contribution in [-0.4, -0.2) is 19.9 Å². The quantitative estimate of drug-likeness (QED) is 0.877. The second kappa shape index (κ2) is 6.37. The molecule has 0 atom stereocenters. The Kier molecular flexibility index (Phi) is 5.30. The molecule has 0 saturated heterocycles. The van der Waals surface area contributed by atoms with E-state index in [1.165, 1.54) is 12.1 Å². The molecular weight excluding hydrogens is 276 g/mol. The van der Waals surface area contributed by atoms with Gasteiger partial charge in [0.1, 0.15) is 0 Å². The van der Waals surface area contributed by atoms with Crippen molar-refractivity contribution >= 4 is 21.6 Å². The molecule has 0 fully saturated rings. The number of hydrogen-bond acceptors (Lipinski definition) is 3. The molecule has 1 aromatic rings. The maximum atomic E-state index is 12.1. The molecule has 0 heterocycles. The minimum Gasteiger partial charge on any atom is -0.326 e. The predicted molar refractivity (Wildman–Crippen MR) is 80.1 cm³/mol. The van der Waals surface area contributed by atoms with Crippen LogP contribution in [-0.2, 0) is 14.8 Å². The highest BCUT2D eigenvalue weighted by Crippen LogP contribution is 2.16. The zero-order valence-corrected chi connectivity index (χ0v) is 13.2. The van der Waals surface area contributed by atoms with Crippen LogP contribution in [0.25, 0.3) is 0 Å². The van der Waals surface area contributed by atoms with Crippen LogP contribution < -0.4 is 10.0 Å². The van der Waals surface area contributed by atoms with Crippen LogP contribution in [0.2, 0.25) is 0 Å². The van der Waals surface area contributed by atoms with E-state index < -0.39 is 15.6 Å². The molecular formula is C14H22N2O3S. The lowest BCUT2D eigenvalue weighted by atomic mass is 10.1. The lowest BCUT2D eigenvalue weighted by molar-refractivity contribution is -0.116. The molecule has 6 heteroatoms. The first-order chi connectivity index (χ1) is 9.14. The second-order valence-electron chi connectivity index (χ2n) is 5.68. The number of anilines is 1. The SMILES string of the molecule is CCCC(=O)Nc1ccc(S(=O)(=O)NC(C)(C)C)cc1. The molecule has 1 rings (SSSR count). The minimum atomic E-state index is -3.54. The summed E-state index contributed by atoms with van der Waals surface area (Å²) in [5.74, 6) is -0.0732. The summed E-state index contributed by atoms with van der Waals surface area (Å²) in [6.07, 6.45) is 1.22. The molecule has 0 aromatic heterocycles. The van der Waals surface area contributed by atoms with Gasteiger partial charge < -0.3 is 5.32 Å². The van der Waals surface area contributed by atoms with Crippen molar-refractivity contribution in [2.24, 2.45) is 0 Å². The van der Waals surface area contributed by atoms with Crippen molar-refractivity contribution in [1.29, 1.82) is 0 Å². The van der Waals surface area contributed by atoms with E-state index in [1.54, 1.807) is 32.9 Å². The van der Waals surface area contributed by atoms with Gasteiger partial charge in [0.05, 0.1) is 4.90 Å². The van der Waals surface area contributed by atoms with Gasteiger partial charge in [-0.25, -0.2) is 13.1 Å². The Morgan fingerprint density at radius 2 is 1.70 bits per heavy atom. The van der Waals surface area contributed by atoms with Gasteiger partial charge in [0, 0.05) is 17.6 Å². The smallest absolute Gasteiger partial charge is 0.241 e. The van der Waals surface area contributed by atoms with E-state index in [-0.39, 0.29) is 10.8 Å². The molecule has 0 radical (unpaired) electrons. The molecule has 0 saturated carbocycles. The molecule has 20 heavy (non-hydrogen) atoms. The molecule has 112 valence electrons. The Bertz CT molecular complexity index is 557. The summed E-state index contributed by atoms with van der Waals surface area (Å²) in [6.45, 7) is 7.27. The van der Waals surface area contributed by atoms with Crippen LogP contribution in [0, 0.1) is 0 Å². The van der Waals surface area contributed by atoms with Crippen molar-refractivity contribution < 1.29 is 13.2 Å². The first-order valence-corrected chi connectivity index (χ1v) is 8.06.